The molecule has 1 heterocycles. The number of hydrogen-bond donors (Lipinski definition) is 7. The van der Waals surface area contributed by atoms with Crippen LogP contribution in [0.4, 0.5) is 33.2 Å². The second kappa shape index (κ2) is 23.7. The number of aliphatic hydroxyl groups is 1. The molecule has 7 N–H and O–H groups in total. The predicted molar refractivity (Wildman–Crippen MR) is 239 cm³/mol. The third-order valence-corrected chi connectivity index (χ3v) is 8.87. The summed E-state index contributed by atoms with van der Waals surface area (Å²) in [6, 6.07) is 7.31. The van der Waals surface area contributed by atoms with Crippen LogP contribution in [0, 0.1) is 0 Å². The smallest absolute Gasteiger partial charge is 0.416 e. The zero-order chi connectivity index (χ0) is 50.3. The number of halogens is 3. The Labute approximate surface area is 386 Å². The highest BCUT2D eigenvalue weighted by atomic mass is 19.4. The Hall–Kier alpha value is -6.71. The van der Waals surface area contributed by atoms with Crippen molar-refractivity contribution in [3.8, 4) is 0 Å². The Kier molecular flexibility index (Phi) is 19.3. The van der Waals surface area contributed by atoms with Crippen molar-refractivity contribution in [2.45, 2.75) is 116 Å². The third-order valence-electron chi connectivity index (χ3n) is 8.87. The summed E-state index contributed by atoms with van der Waals surface area (Å²) >= 11 is 0. The molecule has 67 heavy (non-hydrogen) atoms. The molecule has 0 radical (unpaired) electrons. The van der Waals surface area contributed by atoms with Crippen molar-refractivity contribution in [3.05, 3.63) is 71.9 Å². The van der Waals surface area contributed by atoms with Gasteiger partial charge in [0.1, 0.15) is 34.9 Å². The van der Waals surface area contributed by atoms with Gasteiger partial charge in [0.2, 0.25) is 23.6 Å². The van der Waals surface area contributed by atoms with Gasteiger partial charge in [-0.1, -0.05) is 30.3 Å². The number of anilines is 1. The van der Waals surface area contributed by atoms with Gasteiger partial charge in [-0.25, -0.2) is 14.4 Å². The summed E-state index contributed by atoms with van der Waals surface area (Å²) in [7, 11) is 0. The Morgan fingerprint density at radius 2 is 1.16 bits per heavy atom. The number of alkyl halides is 3. The highest BCUT2D eigenvalue weighted by Crippen LogP contribution is 2.29. The molecule has 0 saturated carbocycles. The highest BCUT2D eigenvalue weighted by molar-refractivity contribution is 6.00. The quantitative estimate of drug-likeness (QED) is 0.0867. The highest BCUT2D eigenvalue weighted by Gasteiger charge is 2.34. The van der Waals surface area contributed by atoms with E-state index in [4.69, 9.17) is 14.2 Å². The summed E-state index contributed by atoms with van der Waals surface area (Å²) in [5.41, 5.74) is -2.69. The molecule has 0 aliphatic heterocycles. The molecular weight excluding hydrogens is 886 g/mol. The zero-order valence-electron chi connectivity index (χ0n) is 39.0. The van der Waals surface area contributed by atoms with Crippen LogP contribution in [0.1, 0.15) is 79.9 Å². The minimum Gasteiger partial charge on any atom is -0.444 e. The van der Waals surface area contributed by atoms with Gasteiger partial charge in [0, 0.05) is 38.0 Å². The fraction of sp³-hybridized carbons (Fsp3) is 0.511. The second-order valence-electron chi connectivity index (χ2n) is 18.3. The number of fused-ring (bicyclic) bond motifs is 1. The standard InChI is InChI=1S/C45H61F3N8O11/c1-42(2,3)65-39(62)49-18-20-56(21-19-50-40(63)66-43(4,5)6)35(58)24-33(54-38(61)34(26-57)55-41(64)67-44(7,8)9)37(60)53-32(22-27-14-16-29(17-15-27)45(46,47)48)36(59)52-30-23-28-12-10-11-13-31(28)51-25-30/h10-17,23,25,32-34,57H,18-22,24,26H2,1-9H3,(H,49,62)(H,50,63)(H,52,59)(H,53,60)(H,54,61)(H,55,64)/t32-,33-,34+/m0/s1. The van der Waals surface area contributed by atoms with E-state index in [1.807, 2.05) is 0 Å². The number of alkyl carbamates (subject to hydrolysis) is 3. The molecule has 3 aromatic rings. The van der Waals surface area contributed by atoms with Crippen molar-refractivity contribution < 1.29 is 66.1 Å². The number of aliphatic hydroxyl groups excluding tert-OH is 1. The molecule has 2 aromatic carbocycles. The van der Waals surface area contributed by atoms with Crippen molar-refractivity contribution in [2.75, 3.05) is 38.1 Å². The van der Waals surface area contributed by atoms with E-state index in [0.29, 0.717) is 10.9 Å². The molecule has 368 valence electrons. The molecule has 22 heteroatoms. The van der Waals surface area contributed by atoms with E-state index < -0.39 is 102 Å². The molecule has 19 nitrogen and oxygen atoms in total. The molecule has 3 atom stereocenters. The van der Waals surface area contributed by atoms with Gasteiger partial charge in [-0.05, 0) is 92.1 Å². The van der Waals surface area contributed by atoms with Crippen LogP contribution in [-0.4, -0.2) is 125 Å². The van der Waals surface area contributed by atoms with E-state index in [9.17, 15) is 51.8 Å². The number of amides is 7. The Bertz CT molecular complexity index is 2170. The van der Waals surface area contributed by atoms with Gasteiger partial charge in [-0.2, -0.15) is 13.2 Å². The maximum Gasteiger partial charge on any atom is 0.416 e. The third kappa shape index (κ3) is 20.1. The fourth-order valence-corrected chi connectivity index (χ4v) is 5.92. The Morgan fingerprint density at radius 1 is 0.657 bits per heavy atom. The van der Waals surface area contributed by atoms with Crippen molar-refractivity contribution in [1.82, 2.24) is 36.5 Å². The average Bonchev–Trinajstić information content (AvgIpc) is 3.19. The lowest BCUT2D eigenvalue weighted by Crippen LogP contribution is -2.58. The molecule has 0 spiro atoms. The number of nitrogens with one attached hydrogen (secondary N) is 6. The van der Waals surface area contributed by atoms with E-state index in [2.05, 4.69) is 36.9 Å². The van der Waals surface area contributed by atoms with Gasteiger partial charge in [-0.3, -0.25) is 24.2 Å². The summed E-state index contributed by atoms with van der Waals surface area (Å²) in [5, 5.41) is 25.5. The van der Waals surface area contributed by atoms with Gasteiger partial charge in [0.15, 0.2) is 0 Å². The molecular formula is C45H61F3N8O11. The largest absolute Gasteiger partial charge is 0.444 e. The monoisotopic (exact) mass is 946 g/mol. The molecule has 1 aromatic heterocycles. The molecule has 0 aliphatic rings. The number of benzene rings is 2. The van der Waals surface area contributed by atoms with Crippen molar-refractivity contribution >= 4 is 58.5 Å². The number of hydrogen-bond acceptors (Lipinski definition) is 12. The van der Waals surface area contributed by atoms with Crippen LogP contribution in [0.15, 0.2) is 60.8 Å². The first-order valence-corrected chi connectivity index (χ1v) is 21.3. The maximum absolute atomic E-state index is 14.4. The average molecular weight is 947 g/mol. The van der Waals surface area contributed by atoms with E-state index in [0.717, 1.165) is 29.2 Å². The normalized spacial score (nSPS) is 13.2. The topological polar surface area (TPSA) is 256 Å². The lowest BCUT2D eigenvalue weighted by molar-refractivity contribution is -0.138. The lowest BCUT2D eigenvalue weighted by Gasteiger charge is -2.28. The van der Waals surface area contributed by atoms with Crippen LogP contribution in [0.5, 0.6) is 0 Å². The molecule has 0 saturated heterocycles. The van der Waals surface area contributed by atoms with Crippen LogP contribution in [0.25, 0.3) is 10.9 Å². The lowest BCUT2D eigenvalue weighted by atomic mass is 10.0. The maximum atomic E-state index is 14.4. The fourth-order valence-electron chi connectivity index (χ4n) is 5.92. The molecule has 0 bridgehead atoms. The van der Waals surface area contributed by atoms with E-state index >= 15 is 0 Å². The Morgan fingerprint density at radius 3 is 1.69 bits per heavy atom. The van der Waals surface area contributed by atoms with E-state index in [-0.39, 0.29) is 43.9 Å². The minimum atomic E-state index is -4.67. The Balaban J connectivity index is 2.01. The summed E-state index contributed by atoms with van der Waals surface area (Å²) in [4.78, 5) is 99.3. The molecule has 0 aliphatic carbocycles. The molecule has 7 amide bonds. The summed E-state index contributed by atoms with van der Waals surface area (Å²) in [5.74, 6) is -3.98. The first-order chi connectivity index (χ1) is 31.0. The number of nitrogens with zero attached hydrogens (tertiary/aromatic N) is 2. The van der Waals surface area contributed by atoms with Crippen LogP contribution in [0.3, 0.4) is 0 Å². The van der Waals surface area contributed by atoms with Crippen LogP contribution >= 0.6 is 0 Å². The van der Waals surface area contributed by atoms with Crippen molar-refractivity contribution in [3.63, 3.8) is 0 Å². The SMILES string of the molecule is CC(C)(C)OC(=O)NCCN(CCNC(=O)OC(C)(C)C)C(=O)C[C@H](NC(=O)[C@@H](CO)NC(=O)OC(C)(C)C)C(=O)N[C@@H](Cc1ccc(C(F)(F)F)cc1)C(=O)Nc1cnc2ccccc2c1. The predicted octanol–water partition coefficient (Wildman–Crippen LogP) is 4.56. The summed E-state index contributed by atoms with van der Waals surface area (Å²) in [6.07, 6.45) is -7.25. The van der Waals surface area contributed by atoms with Crippen LogP contribution in [0.2, 0.25) is 0 Å². The summed E-state index contributed by atoms with van der Waals surface area (Å²) < 4.78 is 56.1. The van der Waals surface area contributed by atoms with Gasteiger partial charge >= 0.3 is 24.5 Å². The second-order valence-corrected chi connectivity index (χ2v) is 18.3. The van der Waals surface area contributed by atoms with Gasteiger partial charge in [0.25, 0.3) is 0 Å². The first-order valence-electron chi connectivity index (χ1n) is 21.3. The van der Waals surface area contributed by atoms with Crippen molar-refractivity contribution in [2.24, 2.45) is 0 Å². The number of rotatable bonds is 18. The van der Waals surface area contributed by atoms with Crippen LogP contribution in [-0.2, 0) is 46.0 Å². The minimum absolute atomic E-state index is 0.179. The number of carbonyl (C=O) groups excluding carboxylic acids is 7. The summed E-state index contributed by atoms with van der Waals surface area (Å²) in [6.45, 7) is 12.8. The zero-order valence-corrected chi connectivity index (χ0v) is 39.0. The van der Waals surface area contributed by atoms with E-state index in [1.54, 1.807) is 92.6 Å². The molecule has 3 rings (SSSR count). The number of carbonyl (C=O) groups is 7. The van der Waals surface area contributed by atoms with Gasteiger partial charge < -0.3 is 56.1 Å². The molecule has 0 fully saturated rings. The van der Waals surface area contributed by atoms with Crippen LogP contribution < -0.4 is 31.9 Å². The van der Waals surface area contributed by atoms with Gasteiger partial charge in [0.05, 0.1) is 36.0 Å². The molecule has 0 unspecified atom stereocenters. The number of pyridine rings is 1. The van der Waals surface area contributed by atoms with E-state index in [1.165, 1.54) is 6.20 Å². The number of para-hydroxylation sites is 1. The number of ether oxygens (including phenoxy) is 3. The number of aromatic nitrogens is 1. The van der Waals surface area contributed by atoms with Crippen molar-refractivity contribution in [1.29, 1.82) is 0 Å². The first kappa shape index (κ1) is 54.6. The van der Waals surface area contributed by atoms with Gasteiger partial charge in [-0.15, -0.1) is 0 Å².